The molecule has 2 N–H and O–H groups in total. The van der Waals surface area contributed by atoms with Crippen LogP contribution in [0.4, 0.5) is 4.39 Å². The van der Waals surface area contributed by atoms with Crippen molar-refractivity contribution >= 4 is 22.3 Å². The fourth-order valence-electron chi connectivity index (χ4n) is 1.85. The van der Waals surface area contributed by atoms with E-state index in [9.17, 15) is 4.39 Å². The maximum Gasteiger partial charge on any atom is 0.134 e. The minimum Gasteiger partial charge on any atom is -0.459 e. The third-order valence-corrected chi connectivity index (χ3v) is 3.75. The second kappa shape index (κ2) is 4.19. The third kappa shape index (κ3) is 1.91. The quantitative estimate of drug-likeness (QED) is 0.770. The van der Waals surface area contributed by atoms with Gasteiger partial charge in [0.15, 0.2) is 0 Å². The van der Waals surface area contributed by atoms with Crippen molar-refractivity contribution in [2.45, 2.75) is 13.0 Å². The average molecular weight is 262 g/mol. The molecule has 1 atom stereocenters. The van der Waals surface area contributed by atoms with Crippen LogP contribution in [0.3, 0.4) is 0 Å². The largest absolute Gasteiger partial charge is 0.459 e. The first kappa shape index (κ1) is 11.4. The second-order valence-electron chi connectivity index (χ2n) is 4.09. The van der Waals surface area contributed by atoms with E-state index < -0.39 is 0 Å². The van der Waals surface area contributed by atoms with Crippen LogP contribution in [0.2, 0.25) is 0 Å². The maximum absolute atomic E-state index is 13.1. The van der Waals surface area contributed by atoms with Crippen molar-refractivity contribution < 1.29 is 8.81 Å². The summed E-state index contributed by atoms with van der Waals surface area (Å²) in [6.45, 7) is 1.93. The molecule has 2 aromatic heterocycles. The number of aryl methyl sites for hydroxylation is 1. The molecule has 5 heteroatoms. The Morgan fingerprint density at radius 3 is 2.94 bits per heavy atom. The van der Waals surface area contributed by atoms with Gasteiger partial charge in [-0.2, -0.15) is 0 Å². The van der Waals surface area contributed by atoms with E-state index in [0.717, 1.165) is 15.3 Å². The highest BCUT2D eigenvalue weighted by Crippen LogP contribution is 2.29. The Morgan fingerprint density at radius 2 is 2.22 bits per heavy atom. The lowest BCUT2D eigenvalue weighted by atomic mass is 10.2. The van der Waals surface area contributed by atoms with Gasteiger partial charge in [0.25, 0.3) is 0 Å². The second-order valence-corrected chi connectivity index (χ2v) is 5.36. The van der Waals surface area contributed by atoms with E-state index in [1.807, 2.05) is 6.92 Å². The van der Waals surface area contributed by atoms with Crippen LogP contribution < -0.4 is 5.73 Å². The lowest BCUT2D eigenvalue weighted by molar-refractivity contribution is 0.527. The molecule has 0 aliphatic carbocycles. The number of aromatic nitrogens is 1. The highest BCUT2D eigenvalue weighted by Gasteiger charge is 2.16. The van der Waals surface area contributed by atoms with Crippen LogP contribution >= 0.6 is 11.3 Å². The van der Waals surface area contributed by atoms with Gasteiger partial charge in [-0.05, 0) is 31.2 Å². The highest BCUT2D eigenvalue weighted by atomic mass is 32.1. The molecule has 0 saturated carbocycles. The van der Waals surface area contributed by atoms with Crippen LogP contribution in [0.15, 0.2) is 34.9 Å². The first-order valence-electron chi connectivity index (χ1n) is 5.50. The van der Waals surface area contributed by atoms with Crippen LogP contribution in [-0.4, -0.2) is 4.98 Å². The van der Waals surface area contributed by atoms with Crippen molar-refractivity contribution in [3.05, 3.63) is 51.9 Å². The Morgan fingerprint density at radius 1 is 1.39 bits per heavy atom. The third-order valence-electron chi connectivity index (χ3n) is 2.75. The van der Waals surface area contributed by atoms with Crippen molar-refractivity contribution in [3.63, 3.8) is 0 Å². The molecule has 0 saturated heterocycles. The number of thiazole rings is 1. The summed E-state index contributed by atoms with van der Waals surface area (Å²) in [5, 5.41) is 1.68. The van der Waals surface area contributed by atoms with E-state index in [1.165, 1.54) is 23.5 Å². The summed E-state index contributed by atoms with van der Waals surface area (Å²) >= 11 is 1.53. The van der Waals surface area contributed by atoms with Crippen molar-refractivity contribution in [3.8, 4) is 0 Å². The number of halogens is 1. The topological polar surface area (TPSA) is 52.0 Å². The average Bonchev–Trinajstić information content (AvgIpc) is 2.93. The summed E-state index contributed by atoms with van der Waals surface area (Å²) in [5.74, 6) is 0.344. The maximum atomic E-state index is 13.1. The zero-order chi connectivity index (χ0) is 12.7. The first-order valence-corrected chi connectivity index (χ1v) is 6.32. The molecule has 3 rings (SSSR count). The van der Waals surface area contributed by atoms with Gasteiger partial charge in [0.1, 0.15) is 17.2 Å². The molecule has 0 radical (unpaired) electrons. The summed E-state index contributed by atoms with van der Waals surface area (Å²) < 4.78 is 18.7. The van der Waals surface area contributed by atoms with E-state index in [-0.39, 0.29) is 11.9 Å². The van der Waals surface area contributed by atoms with E-state index in [2.05, 4.69) is 4.98 Å². The molecule has 1 unspecified atom stereocenters. The Kier molecular flexibility index (Phi) is 2.65. The van der Waals surface area contributed by atoms with E-state index >= 15 is 0 Å². The molecule has 1 aromatic carbocycles. The van der Waals surface area contributed by atoms with Gasteiger partial charge in [-0.15, -0.1) is 11.3 Å². The SMILES string of the molecule is Cc1ncc(C(N)c2cc3cc(F)ccc3o2)s1. The summed E-state index contributed by atoms with van der Waals surface area (Å²) in [5.41, 5.74) is 6.76. The molecule has 0 amide bonds. The Bertz CT molecular complexity index is 704. The van der Waals surface area contributed by atoms with Gasteiger partial charge in [0.2, 0.25) is 0 Å². The van der Waals surface area contributed by atoms with Crippen molar-refractivity contribution in [2.75, 3.05) is 0 Å². The molecule has 0 bridgehead atoms. The van der Waals surface area contributed by atoms with Gasteiger partial charge in [-0.3, -0.25) is 0 Å². The Balaban J connectivity index is 2.03. The molecule has 0 spiro atoms. The van der Waals surface area contributed by atoms with Crippen LogP contribution in [0.25, 0.3) is 11.0 Å². The monoisotopic (exact) mass is 262 g/mol. The summed E-state index contributed by atoms with van der Waals surface area (Å²) in [7, 11) is 0. The number of hydrogen-bond donors (Lipinski definition) is 1. The van der Waals surface area contributed by atoms with Gasteiger partial charge < -0.3 is 10.2 Å². The molecule has 18 heavy (non-hydrogen) atoms. The number of nitrogens with two attached hydrogens (primary N) is 1. The standard InChI is InChI=1S/C13H11FN2OS/c1-7-16-6-12(18-7)13(15)11-5-8-4-9(14)2-3-10(8)17-11/h2-6,13H,15H2,1H3. The predicted octanol–water partition coefficient (Wildman–Crippen LogP) is 3.38. The first-order chi connectivity index (χ1) is 8.63. The normalized spacial score (nSPS) is 13.1. The fourth-order valence-corrected chi connectivity index (χ4v) is 2.64. The summed E-state index contributed by atoms with van der Waals surface area (Å²) in [6.07, 6.45) is 1.75. The van der Waals surface area contributed by atoms with E-state index in [4.69, 9.17) is 10.2 Å². The zero-order valence-electron chi connectivity index (χ0n) is 9.68. The number of hydrogen-bond acceptors (Lipinski definition) is 4. The summed E-state index contributed by atoms with van der Waals surface area (Å²) in [4.78, 5) is 5.11. The van der Waals surface area contributed by atoms with Gasteiger partial charge in [-0.25, -0.2) is 9.37 Å². The number of rotatable bonds is 2. The highest BCUT2D eigenvalue weighted by molar-refractivity contribution is 7.11. The smallest absolute Gasteiger partial charge is 0.134 e. The van der Waals surface area contributed by atoms with Crippen LogP contribution in [0.1, 0.15) is 21.7 Å². The molecular formula is C13H11FN2OS. The molecule has 0 aliphatic rings. The van der Waals surface area contributed by atoms with Gasteiger partial charge >= 0.3 is 0 Å². The van der Waals surface area contributed by atoms with Gasteiger partial charge in [0, 0.05) is 16.5 Å². The van der Waals surface area contributed by atoms with Crippen LogP contribution in [-0.2, 0) is 0 Å². The van der Waals surface area contributed by atoms with Crippen molar-refractivity contribution in [2.24, 2.45) is 5.73 Å². The number of furan rings is 1. The van der Waals surface area contributed by atoms with Crippen molar-refractivity contribution in [1.82, 2.24) is 4.98 Å². The lowest BCUT2D eigenvalue weighted by Gasteiger charge is -2.03. The van der Waals surface area contributed by atoms with Crippen LogP contribution in [0.5, 0.6) is 0 Å². The molecular weight excluding hydrogens is 251 g/mol. The van der Waals surface area contributed by atoms with E-state index in [0.29, 0.717) is 11.3 Å². The summed E-state index contributed by atoms with van der Waals surface area (Å²) in [6, 6.07) is 5.84. The van der Waals surface area contributed by atoms with Crippen LogP contribution in [0, 0.1) is 12.7 Å². The lowest BCUT2D eigenvalue weighted by Crippen LogP contribution is -2.08. The minimum absolute atomic E-state index is 0.281. The van der Waals surface area contributed by atoms with E-state index in [1.54, 1.807) is 18.3 Å². The molecule has 2 heterocycles. The zero-order valence-corrected chi connectivity index (χ0v) is 10.5. The van der Waals surface area contributed by atoms with Crippen molar-refractivity contribution in [1.29, 1.82) is 0 Å². The molecule has 3 nitrogen and oxygen atoms in total. The molecule has 0 aliphatic heterocycles. The Labute approximate surface area is 107 Å². The molecule has 3 aromatic rings. The number of fused-ring (bicyclic) bond motifs is 1. The predicted molar refractivity (Wildman–Crippen MR) is 69.1 cm³/mol. The van der Waals surface area contributed by atoms with Gasteiger partial charge in [0.05, 0.1) is 11.0 Å². The number of benzene rings is 1. The minimum atomic E-state index is -0.355. The molecule has 92 valence electrons. The Hall–Kier alpha value is -1.72. The van der Waals surface area contributed by atoms with Gasteiger partial charge in [-0.1, -0.05) is 0 Å². The number of nitrogens with zero attached hydrogens (tertiary/aromatic N) is 1. The fraction of sp³-hybridized carbons (Fsp3) is 0.154. The molecule has 0 fully saturated rings.